The van der Waals surface area contributed by atoms with Crippen LogP contribution in [0.1, 0.15) is 29.6 Å². The lowest BCUT2D eigenvalue weighted by Crippen LogP contribution is -2.47. The second-order valence-electron chi connectivity index (χ2n) is 7.27. The van der Waals surface area contributed by atoms with Gasteiger partial charge in [0.25, 0.3) is 5.91 Å². The summed E-state index contributed by atoms with van der Waals surface area (Å²) in [7, 11) is 0. The van der Waals surface area contributed by atoms with Crippen LogP contribution in [0.25, 0.3) is 0 Å². The highest BCUT2D eigenvalue weighted by Gasteiger charge is 2.45. The monoisotopic (exact) mass is 442 g/mol. The van der Waals surface area contributed by atoms with Gasteiger partial charge in [0.1, 0.15) is 12.1 Å². The summed E-state index contributed by atoms with van der Waals surface area (Å²) in [5.41, 5.74) is 0.225. The summed E-state index contributed by atoms with van der Waals surface area (Å²) in [6.07, 6.45) is 2.21. The Morgan fingerprint density at radius 3 is 2.71 bits per heavy atom. The highest BCUT2D eigenvalue weighted by molar-refractivity contribution is 5.93. The molecule has 1 amide bonds. The molecule has 0 aromatic carbocycles. The van der Waals surface area contributed by atoms with Crippen molar-refractivity contribution in [1.82, 2.24) is 15.0 Å². The highest BCUT2D eigenvalue weighted by Crippen LogP contribution is 2.35. The minimum absolute atomic E-state index is 0.0449. The fourth-order valence-corrected chi connectivity index (χ4v) is 3.60. The van der Waals surface area contributed by atoms with Crippen molar-refractivity contribution < 1.29 is 37.1 Å². The van der Waals surface area contributed by atoms with Crippen molar-refractivity contribution >= 4 is 17.7 Å². The van der Waals surface area contributed by atoms with Crippen LogP contribution in [0.3, 0.4) is 0 Å². The second kappa shape index (κ2) is 9.33. The molecule has 4 heterocycles. The number of nitrogens with zero attached hydrogens (tertiary/aromatic N) is 3. The average Bonchev–Trinajstić information content (AvgIpc) is 3.39. The quantitative estimate of drug-likeness (QED) is 0.745. The fourth-order valence-electron chi connectivity index (χ4n) is 3.60. The Hall–Kier alpha value is -3.15. The van der Waals surface area contributed by atoms with Crippen molar-refractivity contribution in [1.29, 1.82) is 0 Å². The van der Waals surface area contributed by atoms with Crippen LogP contribution in [0.15, 0.2) is 41.4 Å². The highest BCUT2D eigenvalue weighted by atomic mass is 19.4. The number of aromatic nitrogens is 2. The molecule has 0 bridgehead atoms. The molecule has 2 aliphatic heterocycles. The number of nitrogens with one attached hydrogen (secondary N) is 1. The number of carboxylic acid groups (broad SMARTS) is 1. The molecule has 2 saturated heterocycles. The van der Waals surface area contributed by atoms with Gasteiger partial charge in [-0.1, -0.05) is 11.2 Å². The maximum atomic E-state index is 12.5. The number of anilines is 1. The first-order valence-electron chi connectivity index (χ1n) is 9.49. The van der Waals surface area contributed by atoms with Crippen molar-refractivity contribution in [3.63, 3.8) is 0 Å². The van der Waals surface area contributed by atoms with Crippen molar-refractivity contribution in [3.8, 4) is 0 Å². The number of carbonyl (C=O) groups excluding carboxylic acids is 1. The lowest BCUT2D eigenvalue weighted by atomic mass is 9.89. The molecule has 0 radical (unpaired) electrons. The zero-order valence-corrected chi connectivity index (χ0v) is 16.3. The number of hydrogen-bond acceptors (Lipinski definition) is 7. The molecule has 0 unspecified atom stereocenters. The zero-order valence-electron chi connectivity index (χ0n) is 16.3. The summed E-state index contributed by atoms with van der Waals surface area (Å²) >= 11 is 0. The number of pyridine rings is 1. The third kappa shape index (κ3) is 5.94. The van der Waals surface area contributed by atoms with Crippen LogP contribution in [0.5, 0.6) is 0 Å². The molecular formula is C19H21F3N4O5. The number of carbonyl (C=O) groups is 2. The molecule has 31 heavy (non-hydrogen) atoms. The van der Waals surface area contributed by atoms with Crippen LogP contribution in [-0.2, 0) is 9.53 Å². The molecular weight excluding hydrogens is 421 g/mol. The Labute approximate surface area is 175 Å². The second-order valence-corrected chi connectivity index (χ2v) is 7.27. The first kappa shape index (κ1) is 22.5. The van der Waals surface area contributed by atoms with Crippen LogP contribution in [0.2, 0.25) is 0 Å². The number of rotatable bonds is 3. The molecule has 1 spiro atoms. The summed E-state index contributed by atoms with van der Waals surface area (Å²) in [5.74, 6) is -1.92. The molecule has 168 valence electrons. The third-order valence-electron chi connectivity index (χ3n) is 5.04. The van der Waals surface area contributed by atoms with Gasteiger partial charge in [0.2, 0.25) is 0 Å². The Morgan fingerprint density at radius 2 is 2.10 bits per heavy atom. The molecule has 2 fully saturated rings. The Morgan fingerprint density at radius 1 is 1.32 bits per heavy atom. The van der Waals surface area contributed by atoms with E-state index in [1.807, 2.05) is 23.1 Å². The smallest absolute Gasteiger partial charge is 0.475 e. The van der Waals surface area contributed by atoms with Gasteiger partial charge < -0.3 is 24.6 Å². The largest absolute Gasteiger partial charge is 0.490 e. The standard InChI is InChI=1S/C17H20N4O3.C2HF3O2/c22-16(13-10-19-24-11-13)21-7-5-17(12-21)9-14(4-8-23-17)20-15-3-1-2-6-18-15;3-2(4,5)1(6)7/h1-3,6,10-11,14H,4-5,7-9,12H2,(H,18,20);(H,6,7)/t14-,17-;/m1./s1. The molecule has 9 nitrogen and oxygen atoms in total. The van der Waals surface area contributed by atoms with E-state index in [2.05, 4.69) is 15.5 Å². The van der Waals surface area contributed by atoms with E-state index in [4.69, 9.17) is 19.2 Å². The molecule has 0 aliphatic carbocycles. The van der Waals surface area contributed by atoms with Crippen LogP contribution in [-0.4, -0.2) is 69.5 Å². The average molecular weight is 442 g/mol. The van der Waals surface area contributed by atoms with Gasteiger partial charge >= 0.3 is 12.1 Å². The van der Waals surface area contributed by atoms with E-state index < -0.39 is 12.1 Å². The van der Waals surface area contributed by atoms with Crippen LogP contribution in [0, 0.1) is 0 Å². The van der Waals surface area contributed by atoms with Crippen molar-refractivity contribution in [2.24, 2.45) is 0 Å². The number of alkyl halides is 3. The lowest BCUT2D eigenvalue weighted by molar-refractivity contribution is -0.192. The third-order valence-corrected chi connectivity index (χ3v) is 5.04. The predicted molar refractivity (Wildman–Crippen MR) is 100 cm³/mol. The van der Waals surface area contributed by atoms with E-state index >= 15 is 0 Å². The summed E-state index contributed by atoms with van der Waals surface area (Å²) in [4.78, 5) is 27.5. The Bertz CT molecular complexity index is 878. The summed E-state index contributed by atoms with van der Waals surface area (Å²) in [5, 5.41) is 14.2. The van der Waals surface area contributed by atoms with E-state index in [0.29, 0.717) is 31.3 Å². The first-order chi connectivity index (χ1) is 14.7. The molecule has 2 aromatic rings. The Balaban J connectivity index is 0.000000339. The topological polar surface area (TPSA) is 118 Å². The molecule has 4 rings (SSSR count). The van der Waals surface area contributed by atoms with Gasteiger partial charge in [-0.25, -0.2) is 9.78 Å². The van der Waals surface area contributed by atoms with Gasteiger partial charge in [0.05, 0.1) is 23.9 Å². The Kier molecular flexibility index (Phi) is 6.78. The van der Waals surface area contributed by atoms with Crippen molar-refractivity contribution in [3.05, 3.63) is 42.4 Å². The molecule has 2 aliphatic rings. The summed E-state index contributed by atoms with van der Waals surface area (Å²) < 4.78 is 42.6. The van der Waals surface area contributed by atoms with Crippen LogP contribution >= 0.6 is 0 Å². The van der Waals surface area contributed by atoms with Gasteiger partial charge in [0.15, 0.2) is 0 Å². The normalized spacial score (nSPS) is 23.2. The first-order valence-corrected chi connectivity index (χ1v) is 9.49. The van der Waals surface area contributed by atoms with E-state index in [-0.39, 0.29) is 11.5 Å². The van der Waals surface area contributed by atoms with Gasteiger partial charge in [-0.15, -0.1) is 0 Å². The number of halogens is 3. The number of amides is 1. The molecule has 2 aromatic heterocycles. The molecule has 12 heteroatoms. The number of aliphatic carboxylic acids is 1. The predicted octanol–water partition coefficient (Wildman–Crippen LogP) is 2.58. The SMILES string of the molecule is O=C(O)C(F)(F)F.O=C(c1cnoc1)N1CC[C@@]2(C[C@H](Nc3ccccn3)CCO2)C1. The molecule has 2 atom stereocenters. The number of likely N-dealkylation sites (tertiary alicyclic amines) is 1. The number of ether oxygens (including phenoxy) is 1. The number of hydrogen-bond donors (Lipinski definition) is 2. The van der Waals surface area contributed by atoms with E-state index in [9.17, 15) is 18.0 Å². The summed E-state index contributed by atoms with van der Waals surface area (Å²) in [6.45, 7) is 2.00. The van der Waals surface area contributed by atoms with Crippen molar-refractivity contribution in [2.45, 2.75) is 37.1 Å². The van der Waals surface area contributed by atoms with Gasteiger partial charge in [0, 0.05) is 25.4 Å². The van der Waals surface area contributed by atoms with E-state index in [1.54, 1.807) is 6.20 Å². The maximum Gasteiger partial charge on any atom is 0.490 e. The minimum Gasteiger partial charge on any atom is -0.475 e. The van der Waals surface area contributed by atoms with Gasteiger partial charge in [-0.3, -0.25) is 4.79 Å². The van der Waals surface area contributed by atoms with Gasteiger partial charge in [-0.05, 0) is 31.4 Å². The summed E-state index contributed by atoms with van der Waals surface area (Å²) in [6, 6.07) is 6.15. The van der Waals surface area contributed by atoms with Crippen LogP contribution < -0.4 is 5.32 Å². The van der Waals surface area contributed by atoms with Crippen molar-refractivity contribution in [2.75, 3.05) is 25.0 Å². The molecule has 0 saturated carbocycles. The molecule has 2 N–H and O–H groups in total. The lowest BCUT2D eigenvalue weighted by Gasteiger charge is -2.38. The van der Waals surface area contributed by atoms with Gasteiger partial charge in [-0.2, -0.15) is 13.2 Å². The fraction of sp³-hybridized carbons (Fsp3) is 0.474. The minimum atomic E-state index is -5.08. The number of carboxylic acids is 1. The zero-order chi connectivity index (χ0) is 22.5. The van der Waals surface area contributed by atoms with E-state index in [0.717, 1.165) is 25.1 Å². The van der Waals surface area contributed by atoms with Crippen LogP contribution in [0.4, 0.5) is 19.0 Å². The van der Waals surface area contributed by atoms with E-state index in [1.165, 1.54) is 12.5 Å². The maximum absolute atomic E-state index is 12.5.